The molecule has 3 rings (SSSR count). The smallest absolute Gasteiger partial charge is 0.341 e. The first-order chi connectivity index (χ1) is 13.7. The van der Waals surface area contributed by atoms with Gasteiger partial charge in [0.05, 0.1) is 18.9 Å². The summed E-state index contributed by atoms with van der Waals surface area (Å²) in [6, 6.07) is 20.1. The van der Waals surface area contributed by atoms with Crippen LogP contribution in [0, 0.1) is 0 Å². The van der Waals surface area contributed by atoms with Gasteiger partial charge in [0, 0.05) is 6.20 Å². The molecule has 0 aliphatic carbocycles. The van der Waals surface area contributed by atoms with E-state index in [4.69, 9.17) is 9.47 Å². The number of pyridine rings is 1. The van der Waals surface area contributed by atoms with E-state index in [9.17, 15) is 9.90 Å². The second-order valence-electron chi connectivity index (χ2n) is 5.74. The van der Waals surface area contributed by atoms with E-state index in [2.05, 4.69) is 9.72 Å². The van der Waals surface area contributed by atoms with Crippen LogP contribution >= 0.6 is 0 Å². The first-order valence-electron chi connectivity index (χ1n) is 8.54. The van der Waals surface area contributed by atoms with Gasteiger partial charge in [-0.1, -0.05) is 30.3 Å². The van der Waals surface area contributed by atoms with E-state index in [1.807, 2.05) is 48.5 Å². The normalized spacial score (nSPS) is 11.0. The second-order valence-corrected chi connectivity index (χ2v) is 5.74. The van der Waals surface area contributed by atoms with Gasteiger partial charge < -0.3 is 19.3 Å². The fraction of sp³-hybridized carbons (Fsp3) is 0.0909. The minimum absolute atomic E-state index is 0.0471. The van der Waals surface area contributed by atoms with E-state index in [-0.39, 0.29) is 11.5 Å². The Labute approximate surface area is 162 Å². The summed E-state index contributed by atoms with van der Waals surface area (Å²) in [5, 5.41) is 9.43. The van der Waals surface area contributed by atoms with Crippen LogP contribution in [-0.2, 0) is 16.1 Å². The Kier molecular flexibility index (Phi) is 6.25. The molecule has 0 unspecified atom stereocenters. The number of carbonyl (C=O) groups excluding carboxylic acids is 1. The van der Waals surface area contributed by atoms with Crippen molar-refractivity contribution in [2.75, 3.05) is 7.11 Å². The second kappa shape index (κ2) is 9.23. The monoisotopic (exact) mass is 377 g/mol. The van der Waals surface area contributed by atoms with Crippen LogP contribution in [0.4, 0.5) is 0 Å². The van der Waals surface area contributed by atoms with Crippen LogP contribution in [0.2, 0.25) is 0 Å². The average molecular weight is 377 g/mol. The van der Waals surface area contributed by atoms with Gasteiger partial charge in [0.15, 0.2) is 0 Å². The van der Waals surface area contributed by atoms with Crippen molar-refractivity contribution < 1.29 is 24.1 Å². The van der Waals surface area contributed by atoms with Crippen molar-refractivity contribution in [3.63, 3.8) is 0 Å². The molecule has 6 nitrogen and oxygen atoms in total. The number of rotatable bonds is 7. The molecule has 0 bridgehead atoms. The van der Waals surface area contributed by atoms with Crippen LogP contribution in [0.1, 0.15) is 11.1 Å². The van der Waals surface area contributed by atoms with Crippen molar-refractivity contribution >= 4 is 11.5 Å². The summed E-state index contributed by atoms with van der Waals surface area (Å²) < 4.78 is 16.3. The number of nitrogens with zero attached hydrogens (tertiary/aromatic N) is 1. The Hall–Kier alpha value is -3.80. The highest BCUT2D eigenvalue weighted by Crippen LogP contribution is 2.29. The van der Waals surface area contributed by atoms with Crippen LogP contribution in [0.25, 0.3) is 5.57 Å². The zero-order chi connectivity index (χ0) is 19.8. The minimum Gasteiger partial charge on any atom is -0.515 e. The molecule has 0 spiro atoms. The molecular weight excluding hydrogens is 358 g/mol. The van der Waals surface area contributed by atoms with E-state index >= 15 is 0 Å². The Bertz CT molecular complexity index is 969. The average Bonchev–Trinajstić information content (AvgIpc) is 2.75. The molecule has 6 heteroatoms. The van der Waals surface area contributed by atoms with Gasteiger partial charge >= 0.3 is 5.97 Å². The highest BCUT2D eigenvalue weighted by Gasteiger charge is 2.18. The summed E-state index contributed by atoms with van der Waals surface area (Å²) >= 11 is 0. The van der Waals surface area contributed by atoms with Gasteiger partial charge in [-0.05, 0) is 42.0 Å². The van der Waals surface area contributed by atoms with E-state index in [1.54, 1.807) is 18.2 Å². The molecular formula is C22H19NO5. The fourth-order valence-corrected chi connectivity index (χ4v) is 2.51. The van der Waals surface area contributed by atoms with Crippen LogP contribution < -0.4 is 9.47 Å². The van der Waals surface area contributed by atoms with Gasteiger partial charge in [0.25, 0.3) is 0 Å². The highest BCUT2D eigenvalue weighted by molar-refractivity contribution is 6.16. The van der Waals surface area contributed by atoms with Gasteiger partial charge in [-0.25, -0.2) is 9.78 Å². The number of benzene rings is 2. The lowest BCUT2D eigenvalue weighted by atomic mass is 10.1. The summed E-state index contributed by atoms with van der Waals surface area (Å²) in [6.07, 6.45) is 2.22. The summed E-state index contributed by atoms with van der Waals surface area (Å²) in [5.41, 5.74) is 1.18. The summed E-state index contributed by atoms with van der Waals surface area (Å²) in [4.78, 5) is 16.0. The lowest BCUT2D eigenvalue weighted by Gasteiger charge is -2.12. The van der Waals surface area contributed by atoms with Crippen LogP contribution in [0.15, 0.2) is 79.2 Å². The molecule has 1 aromatic heterocycles. The summed E-state index contributed by atoms with van der Waals surface area (Å²) in [7, 11) is 1.24. The number of aliphatic hydroxyl groups excluding tert-OH is 1. The SMILES string of the molecule is COC(=O)/C(=C\O)c1cccnc1Oc1cccc(COc2ccccc2)c1. The Balaban J connectivity index is 1.78. The third-order valence-corrected chi connectivity index (χ3v) is 3.86. The van der Waals surface area contributed by atoms with Crippen molar-refractivity contribution in [3.8, 4) is 17.4 Å². The molecule has 1 N–H and O–H groups in total. The van der Waals surface area contributed by atoms with Crippen LogP contribution in [0.3, 0.4) is 0 Å². The van der Waals surface area contributed by atoms with Gasteiger partial charge in [-0.15, -0.1) is 0 Å². The van der Waals surface area contributed by atoms with E-state index < -0.39 is 5.97 Å². The molecule has 0 atom stereocenters. The summed E-state index contributed by atoms with van der Waals surface area (Å²) in [5.74, 6) is 0.785. The van der Waals surface area contributed by atoms with E-state index in [0.29, 0.717) is 24.2 Å². The predicted octanol–water partition coefficient (Wildman–Crippen LogP) is 4.52. The zero-order valence-corrected chi connectivity index (χ0v) is 15.2. The maximum Gasteiger partial charge on any atom is 0.341 e. The molecule has 0 aliphatic rings. The molecule has 0 fully saturated rings. The van der Waals surface area contributed by atoms with Crippen molar-refractivity contribution in [2.24, 2.45) is 0 Å². The van der Waals surface area contributed by atoms with E-state index in [0.717, 1.165) is 11.3 Å². The zero-order valence-electron chi connectivity index (χ0n) is 15.2. The summed E-state index contributed by atoms with van der Waals surface area (Å²) in [6.45, 7) is 0.375. The highest BCUT2D eigenvalue weighted by atomic mass is 16.5. The van der Waals surface area contributed by atoms with Gasteiger partial charge in [0.1, 0.15) is 23.7 Å². The molecule has 0 saturated carbocycles. The fourth-order valence-electron chi connectivity index (χ4n) is 2.51. The number of aliphatic hydroxyl groups is 1. The number of aromatic nitrogens is 1. The van der Waals surface area contributed by atoms with Gasteiger partial charge in [-0.3, -0.25) is 0 Å². The molecule has 0 saturated heterocycles. The number of ether oxygens (including phenoxy) is 3. The topological polar surface area (TPSA) is 77.9 Å². The molecule has 0 radical (unpaired) electrons. The number of hydrogen-bond acceptors (Lipinski definition) is 6. The lowest BCUT2D eigenvalue weighted by molar-refractivity contribution is -0.133. The number of methoxy groups -OCH3 is 1. The quantitative estimate of drug-likeness (QED) is 0.370. The number of para-hydroxylation sites is 1. The van der Waals surface area contributed by atoms with Crippen molar-refractivity contribution in [3.05, 3.63) is 90.3 Å². The minimum atomic E-state index is -0.689. The maximum atomic E-state index is 11.9. The Morgan fingerprint density at radius 1 is 1.04 bits per heavy atom. The molecule has 2 aromatic carbocycles. The molecule has 142 valence electrons. The lowest BCUT2D eigenvalue weighted by Crippen LogP contribution is -2.06. The standard InChI is InChI=1S/C22H19NO5/c1-26-22(25)20(14-24)19-11-6-12-23-21(19)28-18-10-5-7-16(13-18)15-27-17-8-3-2-4-9-17/h2-14,24H,15H2,1H3/b20-14-. The first kappa shape index (κ1) is 19.0. The third kappa shape index (κ3) is 4.67. The predicted molar refractivity (Wildman–Crippen MR) is 104 cm³/mol. The third-order valence-electron chi connectivity index (χ3n) is 3.86. The van der Waals surface area contributed by atoms with Crippen LogP contribution in [0.5, 0.6) is 17.4 Å². The van der Waals surface area contributed by atoms with Gasteiger partial charge in [0.2, 0.25) is 5.88 Å². The van der Waals surface area contributed by atoms with Gasteiger partial charge in [-0.2, -0.15) is 0 Å². The molecule has 1 heterocycles. The Morgan fingerprint density at radius 3 is 2.57 bits per heavy atom. The van der Waals surface area contributed by atoms with Crippen molar-refractivity contribution in [1.29, 1.82) is 0 Å². The number of esters is 1. The van der Waals surface area contributed by atoms with Crippen molar-refractivity contribution in [2.45, 2.75) is 6.61 Å². The molecule has 3 aromatic rings. The maximum absolute atomic E-state index is 11.9. The molecule has 28 heavy (non-hydrogen) atoms. The molecule has 0 amide bonds. The van der Waals surface area contributed by atoms with Crippen molar-refractivity contribution in [1.82, 2.24) is 4.98 Å². The number of hydrogen-bond donors (Lipinski definition) is 1. The number of carbonyl (C=O) groups is 1. The Morgan fingerprint density at radius 2 is 1.82 bits per heavy atom. The van der Waals surface area contributed by atoms with E-state index in [1.165, 1.54) is 13.3 Å². The first-order valence-corrected chi connectivity index (χ1v) is 8.54. The molecule has 0 aliphatic heterocycles. The largest absolute Gasteiger partial charge is 0.515 e. The van der Waals surface area contributed by atoms with Crippen LogP contribution in [-0.4, -0.2) is 23.2 Å².